The Hall–Kier alpha value is -3.41. The van der Waals surface area contributed by atoms with Crippen LogP contribution in [0.3, 0.4) is 0 Å². The van der Waals surface area contributed by atoms with E-state index in [2.05, 4.69) is 65.5 Å². The second kappa shape index (κ2) is 9.39. The van der Waals surface area contributed by atoms with Gasteiger partial charge < -0.3 is 15.1 Å². The fourth-order valence-electron chi connectivity index (χ4n) is 3.81. The highest BCUT2D eigenvalue weighted by Crippen LogP contribution is 2.23. The quantitative estimate of drug-likeness (QED) is 0.653. The molecule has 32 heavy (non-hydrogen) atoms. The lowest BCUT2D eigenvalue weighted by molar-refractivity contribution is 0.0746. The van der Waals surface area contributed by atoms with Crippen LogP contribution in [-0.4, -0.2) is 47.2 Å². The lowest BCUT2D eigenvalue weighted by atomic mass is 9.86. The maximum absolute atomic E-state index is 12.9. The summed E-state index contributed by atoms with van der Waals surface area (Å²) in [5.41, 5.74) is 3.27. The summed E-state index contributed by atoms with van der Waals surface area (Å²) in [4.78, 5) is 17.0. The third-order valence-electron chi connectivity index (χ3n) is 5.86. The van der Waals surface area contributed by atoms with E-state index in [1.54, 1.807) is 0 Å². The van der Waals surface area contributed by atoms with Gasteiger partial charge in [0, 0.05) is 38.3 Å². The van der Waals surface area contributed by atoms with Crippen LogP contribution in [0.15, 0.2) is 66.7 Å². The van der Waals surface area contributed by atoms with Gasteiger partial charge in [-0.25, -0.2) is 0 Å². The van der Waals surface area contributed by atoms with Gasteiger partial charge in [0.2, 0.25) is 0 Å². The highest BCUT2D eigenvalue weighted by atomic mass is 16.2. The van der Waals surface area contributed by atoms with Crippen LogP contribution in [0, 0.1) is 0 Å². The Morgan fingerprint density at radius 1 is 0.875 bits per heavy atom. The van der Waals surface area contributed by atoms with Gasteiger partial charge in [-0.3, -0.25) is 4.79 Å². The van der Waals surface area contributed by atoms with Crippen molar-refractivity contribution in [2.75, 3.05) is 36.4 Å². The van der Waals surface area contributed by atoms with Crippen molar-refractivity contribution in [3.8, 4) is 0 Å². The second-order valence-corrected chi connectivity index (χ2v) is 9.22. The number of carbonyl (C=O) groups is 1. The highest BCUT2D eigenvalue weighted by Gasteiger charge is 2.23. The number of aromatic nitrogens is 2. The van der Waals surface area contributed by atoms with Crippen LogP contribution < -0.4 is 10.2 Å². The number of hydrogen-bond donors (Lipinski definition) is 1. The molecule has 0 spiro atoms. The molecule has 1 amide bonds. The zero-order valence-electron chi connectivity index (χ0n) is 19.1. The van der Waals surface area contributed by atoms with Gasteiger partial charge in [-0.2, -0.15) is 0 Å². The largest absolute Gasteiger partial charge is 0.365 e. The summed E-state index contributed by atoms with van der Waals surface area (Å²) < 4.78 is 0. The molecule has 2 aromatic carbocycles. The molecule has 1 aromatic heterocycles. The number of nitrogens with zero attached hydrogens (tertiary/aromatic N) is 4. The molecule has 6 heteroatoms. The summed E-state index contributed by atoms with van der Waals surface area (Å²) in [6.45, 7) is 10.1. The Morgan fingerprint density at radius 2 is 1.56 bits per heavy atom. The van der Waals surface area contributed by atoms with Crippen molar-refractivity contribution in [3.63, 3.8) is 0 Å². The average Bonchev–Trinajstić information content (AvgIpc) is 2.83. The van der Waals surface area contributed by atoms with Crippen LogP contribution in [-0.2, 0) is 12.0 Å². The van der Waals surface area contributed by atoms with Crippen molar-refractivity contribution in [2.24, 2.45) is 0 Å². The number of rotatable bonds is 5. The van der Waals surface area contributed by atoms with Crippen molar-refractivity contribution in [1.29, 1.82) is 0 Å². The Balaban J connectivity index is 1.30. The molecule has 3 aromatic rings. The van der Waals surface area contributed by atoms with Gasteiger partial charge in [-0.15, -0.1) is 10.2 Å². The third kappa shape index (κ3) is 5.25. The molecule has 0 radical (unpaired) electrons. The SMILES string of the molecule is CC(C)(C)c1ccc(C(=O)N2CCN(c3ccc(NCc4ccccc4)nn3)CC2)cc1. The fourth-order valence-corrected chi connectivity index (χ4v) is 3.81. The molecule has 6 nitrogen and oxygen atoms in total. The molecule has 0 bridgehead atoms. The smallest absolute Gasteiger partial charge is 0.253 e. The summed E-state index contributed by atoms with van der Waals surface area (Å²) in [6, 6.07) is 22.2. The minimum absolute atomic E-state index is 0.0842. The molecule has 0 atom stereocenters. The van der Waals surface area contributed by atoms with E-state index >= 15 is 0 Å². The summed E-state index contributed by atoms with van der Waals surface area (Å²) in [6.07, 6.45) is 0. The molecule has 0 saturated carbocycles. The van der Waals surface area contributed by atoms with E-state index in [1.165, 1.54) is 11.1 Å². The monoisotopic (exact) mass is 429 g/mol. The first-order valence-electron chi connectivity index (χ1n) is 11.2. The van der Waals surface area contributed by atoms with Gasteiger partial charge in [-0.05, 0) is 40.8 Å². The number of anilines is 2. The van der Waals surface area contributed by atoms with Crippen LogP contribution in [0.5, 0.6) is 0 Å². The van der Waals surface area contributed by atoms with E-state index in [-0.39, 0.29) is 11.3 Å². The first-order valence-corrected chi connectivity index (χ1v) is 11.2. The van der Waals surface area contributed by atoms with Crippen molar-refractivity contribution in [1.82, 2.24) is 15.1 Å². The molecule has 0 aliphatic carbocycles. The molecule has 1 saturated heterocycles. The Morgan fingerprint density at radius 3 is 2.16 bits per heavy atom. The summed E-state index contributed by atoms with van der Waals surface area (Å²) in [7, 11) is 0. The molecule has 1 N–H and O–H groups in total. The molecule has 166 valence electrons. The van der Waals surface area contributed by atoms with Gasteiger partial charge in [0.05, 0.1) is 0 Å². The molecule has 1 aliphatic rings. The van der Waals surface area contributed by atoms with Crippen LogP contribution in [0.4, 0.5) is 11.6 Å². The van der Waals surface area contributed by atoms with Crippen molar-refractivity contribution < 1.29 is 4.79 Å². The van der Waals surface area contributed by atoms with Crippen LogP contribution >= 0.6 is 0 Å². The Bertz CT molecular complexity index is 1020. The summed E-state index contributed by atoms with van der Waals surface area (Å²) in [5, 5.41) is 12.0. The molecule has 0 unspecified atom stereocenters. The summed E-state index contributed by atoms with van der Waals surface area (Å²) in [5.74, 6) is 1.69. The van der Waals surface area contributed by atoms with Crippen molar-refractivity contribution >= 4 is 17.5 Å². The van der Waals surface area contributed by atoms with Gasteiger partial charge in [0.1, 0.15) is 5.82 Å². The number of nitrogens with one attached hydrogen (secondary N) is 1. The molecule has 2 heterocycles. The zero-order valence-corrected chi connectivity index (χ0v) is 19.1. The van der Waals surface area contributed by atoms with Crippen LogP contribution in [0.2, 0.25) is 0 Å². The first kappa shape index (κ1) is 21.8. The minimum atomic E-state index is 0.0842. The lowest BCUT2D eigenvalue weighted by Gasteiger charge is -2.35. The van der Waals surface area contributed by atoms with Crippen LogP contribution in [0.1, 0.15) is 42.3 Å². The lowest BCUT2D eigenvalue weighted by Crippen LogP contribution is -2.49. The van der Waals surface area contributed by atoms with Crippen molar-refractivity contribution in [2.45, 2.75) is 32.7 Å². The van der Waals surface area contributed by atoms with Gasteiger partial charge >= 0.3 is 0 Å². The molecular weight excluding hydrogens is 398 g/mol. The first-order chi connectivity index (χ1) is 15.4. The van der Waals surface area contributed by atoms with E-state index in [4.69, 9.17) is 0 Å². The van der Waals surface area contributed by atoms with E-state index in [0.717, 1.165) is 30.3 Å². The van der Waals surface area contributed by atoms with Crippen molar-refractivity contribution in [3.05, 3.63) is 83.4 Å². The van der Waals surface area contributed by atoms with Gasteiger partial charge in [0.15, 0.2) is 5.82 Å². The van der Waals surface area contributed by atoms with Crippen LogP contribution in [0.25, 0.3) is 0 Å². The number of amides is 1. The predicted molar refractivity (Wildman–Crippen MR) is 129 cm³/mol. The molecular formula is C26H31N5O. The van der Waals surface area contributed by atoms with E-state index < -0.39 is 0 Å². The number of benzene rings is 2. The molecule has 1 aliphatic heterocycles. The van der Waals surface area contributed by atoms with E-state index in [9.17, 15) is 4.79 Å². The number of hydrogen-bond acceptors (Lipinski definition) is 5. The number of carbonyl (C=O) groups excluding carboxylic acids is 1. The molecule has 4 rings (SSSR count). The fraction of sp³-hybridized carbons (Fsp3) is 0.346. The Labute approximate surface area is 190 Å². The second-order valence-electron chi connectivity index (χ2n) is 9.22. The topological polar surface area (TPSA) is 61.4 Å². The predicted octanol–water partition coefficient (Wildman–Crippen LogP) is 4.35. The maximum Gasteiger partial charge on any atom is 0.253 e. The summed E-state index contributed by atoms with van der Waals surface area (Å²) >= 11 is 0. The van der Waals surface area contributed by atoms with E-state index in [1.807, 2.05) is 47.4 Å². The average molecular weight is 430 g/mol. The Kier molecular flexibility index (Phi) is 6.40. The third-order valence-corrected chi connectivity index (χ3v) is 5.86. The van der Waals surface area contributed by atoms with E-state index in [0.29, 0.717) is 19.6 Å². The van der Waals surface area contributed by atoms with Gasteiger partial charge in [0.25, 0.3) is 5.91 Å². The van der Waals surface area contributed by atoms with Gasteiger partial charge in [-0.1, -0.05) is 63.2 Å². The standard InChI is InChI=1S/C26H31N5O/c1-26(2,3)22-11-9-21(10-12-22)25(32)31-17-15-30(16-18-31)24-14-13-23(28-29-24)27-19-20-7-5-4-6-8-20/h4-14H,15-19H2,1-3H3,(H,27,28). The maximum atomic E-state index is 12.9. The highest BCUT2D eigenvalue weighted by molar-refractivity contribution is 5.94. The number of piperazine rings is 1. The molecule has 1 fully saturated rings. The zero-order chi connectivity index (χ0) is 22.6. The normalized spacial score (nSPS) is 14.3. The minimum Gasteiger partial charge on any atom is -0.365 e.